The normalized spacial score (nSPS) is 21.3. The number of amides is 4. The van der Waals surface area contributed by atoms with Crippen molar-refractivity contribution in [3.05, 3.63) is 71.8 Å². The summed E-state index contributed by atoms with van der Waals surface area (Å²) in [5.74, 6) is -0.526. The minimum Gasteiger partial charge on any atom is -0.350 e. The monoisotopic (exact) mass is 405 g/mol. The Bertz CT molecular complexity index is 900. The van der Waals surface area contributed by atoms with Crippen LogP contribution in [0, 0.1) is 5.92 Å². The molecule has 1 heterocycles. The van der Waals surface area contributed by atoms with Crippen LogP contribution in [-0.2, 0) is 22.7 Å². The Kier molecular flexibility index (Phi) is 6.12. The van der Waals surface area contributed by atoms with Gasteiger partial charge in [-0.3, -0.25) is 14.5 Å². The molecule has 6 heteroatoms. The third-order valence-corrected chi connectivity index (χ3v) is 6.02. The van der Waals surface area contributed by atoms with Crippen molar-refractivity contribution < 1.29 is 14.4 Å². The fraction of sp³-hybridized carbons (Fsp3) is 0.375. The summed E-state index contributed by atoms with van der Waals surface area (Å²) < 4.78 is 0. The van der Waals surface area contributed by atoms with Gasteiger partial charge in [0.15, 0.2) is 0 Å². The van der Waals surface area contributed by atoms with Crippen molar-refractivity contribution in [2.24, 2.45) is 5.92 Å². The summed E-state index contributed by atoms with van der Waals surface area (Å²) in [6, 6.07) is 18.6. The van der Waals surface area contributed by atoms with Crippen LogP contribution >= 0.6 is 0 Å². The van der Waals surface area contributed by atoms with Crippen LogP contribution in [-0.4, -0.2) is 40.2 Å². The van der Waals surface area contributed by atoms with Gasteiger partial charge in [-0.15, -0.1) is 0 Å². The van der Waals surface area contributed by atoms with E-state index in [2.05, 4.69) is 5.32 Å². The number of rotatable bonds is 6. The van der Waals surface area contributed by atoms with Crippen LogP contribution in [0.4, 0.5) is 4.79 Å². The third-order valence-electron chi connectivity index (χ3n) is 6.02. The number of hydrogen-bond donors (Lipinski definition) is 1. The van der Waals surface area contributed by atoms with Crippen LogP contribution in [0.1, 0.15) is 36.8 Å². The molecule has 0 aromatic heterocycles. The zero-order chi connectivity index (χ0) is 20.9. The Balaban J connectivity index is 1.48. The largest absolute Gasteiger partial charge is 0.350 e. The van der Waals surface area contributed by atoms with E-state index in [1.807, 2.05) is 60.7 Å². The second-order valence-electron chi connectivity index (χ2n) is 8.04. The van der Waals surface area contributed by atoms with E-state index in [1.54, 1.807) is 4.90 Å². The number of carbonyl (C=O) groups is 3. The van der Waals surface area contributed by atoms with Crippen LogP contribution in [0.15, 0.2) is 60.7 Å². The van der Waals surface area contributed by atoms with Crippen molar-refractivity contribution >= 4 is 17.8 Å². The lowest BCUT2D eigenvalue weighted by atomic mass is 9.81. The number of urea groups is 1. The molecular weight excluding hydrogens is 378 g/mol. The van der Waals surface area contributed by atoms with Crippen LogP contribution in [0.2, 0.25) is 0 Å². The van der Waals surface area contributed by atoms with Crippen molar-refractivity contribution in [3.63, 3.8) is 0 Å². The summed E-state index contributed by atoms with van der Waals surface area (Å²) in [4.78, 5) is 41.9. The molecule has 4 rings (SSSR count). The molecule has 2 fully saturated rings. The number of fused-ring (bicyclic) bond motifs is 1. The summed E-state index contributed by atoms with van der Waals surface area (Å²) in [6.07, 6.45) is 3.49. The second-order valence-corrected chi connectivity index (χ2v) is 8.04. The maximum absolute atomic E-state index is 13.3. The molecule has 156 valence electrons. The van der Waals surface area contributed by atoms with Gasteiger partial charge in [-0.2, -0.15) is 0 Å². The van der Waals surface area contributed by atoms with Gasteiger partial charge in [0.2, 0.25) is 11.8 Å². The molecule has 2 aliphatic rings. The van der Waals surface area contributed by atoms with Gasteiger partial charge in [0, 0.05) is 12.6 Å². The maximum Gasteiger partial charge on any atom is 0.327 e. The first-order chi connectivity index (χ1) is 14.6. The zero-order valence-corrected chi connectivity index (χ0v) is 17.0. The number of hydrogen-bond acceptors (Lipinski definition) is 3. The molecule has 2 atom stereocenters. The molecule has 4 amide bonds. The van der Waals surface area contributed by atoms with Crippen LogP contribution < -0.4 is 5.32 Å². The molecule has 6 nitrogen and oxygen atoms in total. The molecule has 2 aromatic rings. The number of imide groups is 1. The summed E-state index contributed by atoms with van der Waals surface area (Å²) in [5, 5.41) is 2.90. The molecule has 30 heavy (non-hydrogen) atoms. The van der Waals surface area contributed by atoms with Crippen molar-refractivity contribution in [1.29, 1.82) is 0 Å². The van der Waals surface area contributed by atoms with Gasteiger partial charge in [0.1, 0.15) is 6.54 Å². The summed E-state index contributed by atoms with van der Waals surface area (Å²) >= 11 is 0. The van der Waals surface area contributed by atoms with Crippen molar-refractivity contribution in [3.8, 4) is 0 Å². The van der Waals surface area contributed by atoms with E-state index in [1.165, 1.54) is 4.90 Å². The average molecular weight is 405 g/mol. The lowest BCUT2D eigenvalue weighted by Crippen LogP contribution is -2.63. The number of benzene rings is 2. The van der Waals surface area contributed by atoms with E-state index < -0.39 is 0 Å². The Morgan fingerprint density at radius 3 is 2.23 bits per heavy atom. The molecule has 1 saturated carbocycles. The molecule has 2 unspecified atom stereocenters. The van der Waals surface area contributed by atoms with Crippen LogP contribution in [0.5, 0.6) is 0 Å². The standard InChI is InChI=1S/C24H27N3O3/c28-22(25-15-18-9-3-1-4-10-18)17-26-21-14-8-7-13-20(21)23(29)27(24(26)30)16-19-11-5-2-6-12-19/h1-6,9-12,20-21H,7-8,13-17H2,(H,25,28). The Labute approximate surface area is 176 Å². The van der Waals surface area contributed by atoms with E-state index in [-0.39, 0.29) is 42.9 Å². The minimum atomic E-state index is -0.359. The van der Waals surface area contributed by atoms with Crippen LogP contribution in [0.3, 0.4) is 0 Å². The highest BCUT2D eigenvalue weighted by molar-refractivity contribution is 6.00. The molecule has 2 aromatic carbocycles. The molecule has 0 spiro atoms. The van der Waals surface area contributed by atoms with Crippen molar-refractivity contribution in [2.75, 3.05) is 6.54 Å². The highest BCUT2D eigenvalue weighted by atomic mass is 16.2. The van der Waals surface area contributed by atoms with Gasteiger partial charge in [0.05, 0.1) is 12.5 Å². The van der Waals surface area contributed by atoms with Gasteiger partial charge in [-0.1, -0.05) is 73.5 Å². The fourth-order valence-corrected chi connectivity index (χ4v) is 4.47. The Morgan fingerprint density at radius 1 is 0.900 bits per heavy atom. The number of nitrogens with zero attached hydrogens (tertiary/aromatic N) is 2. The quantitative estimate of drug-likeness (QED) is 0.802. The van der Waals surface area contributed by atoms with E-state index in [4.69, 9.17) is 0 Å². The first-order valence-electron chi connectivity index (χ1n) is 10.6. The topological polar surface area (TPSA) is 69.7 Å². The van der Waals surface area contributed by atoms with Crippen LogP contribution in [0.25, 0.3) is 0 Å². The molecule has 0 bridgehead atoms. The van der Waals surface area contributed by atoms with E-state index in [0.717, 1.165) is 36.8 Å². The highest BCUT2D eigenvalue weighted by Crippen LogP contribution is 2.35. The molecule has 1 aliphatic heterocycles. The predicted molar refractivity (Wildman–Crippen MR) is 113 cm³/mol. The minimum absolute atomic E-state index is 0.0224. The molecule has 0 radical (unpaired) electrons. The van der Waals surface area contributed by atoms with Gasteiger partial charge < -0.3 is 10.2 Å². The van der Waals surface area contributed by atoms with E-state index in [9.17, 15) is 14.4 Å². The molecular formula is C24H27N3O3. The lowest BCUT2D eigenvalue weighted by Gasteiger charge is -2.46. The predicted octanol–water partition coefficient (Wildman–Crippen LogP) is 3.33. The molecule has 1 saturated heterocycles. The lowest BCUT2D eigenvalue weighted by molar-refractivity contribution is -0.142. The average Bonchev–Trinajstić information content (AvgIpc) is 2.79. The molecule has 1 N–H and O–H groups in total. The van der Waals surface area contributed by atoms with Gasteiger partial charge in [-0.25, -0.2) is 4.79 Å². The van der Waals surface area contributed by atoms with Gasteiger partial charge >= 0.3 is 6.03 Å². The zero-order valence-electron chi connectivity index (χ0n) is 17.0. The molecule has 1 aliphatic carbocycles. The smallest absolute Gasteiger partial charge is 0.327 e. The summed E-state index contributed by atoms with van der Waals surface area (Å²) in [5.41, 5.74) is 1.91. The second kappa shape index (κ2) is 9.11. The number of nitrogens with one attached hydrogen (secondary N) is 1. The van der Waals surface area contributed by atoms with E-state index in [0.29, 0.717) is 6.54 Å². The van der Waals surface area contributed by atoms with Crippen molar-refractivity contribution in [2.45, 2.75) is 44.8 Å². The first-order valence-corrected chi connectivity index (χ1v) is 10.6. The Morgan fingerprint density at radius 2 is 1.53 bits per heavy atom. The van der Waals surface area contributed by atoms with Gasteiger partial charge in [0.25, 0.3) is 0 Å². The Hall–Kier alpha value is -3.15. The van der Waals surface area contributed by atoms with E-state index >= 15 is 0 Å². The fourth-order valence-electron chi connectivity index (χ4n) is 4.47. The first kappa shape index (κ1) is 20.1. The number of carbonyl (C=O) groups excluding carboxylic acids is 3. The highest BCUT2D eigenvalue weighted by Gasteiger charge is 2.47. The third kappa shape index (κ3) is 4.37. The maximum atomic E-state index is 13.3. The van der Waals surface area contributed by atoms with Gasteiger partial charge in [-0.05, 0) is 24.0 Å². The summed E-state index contributed by atoms with van der Waals surface area (Å²) in [6.45, 7) is 0.637. The SMILES string of the molecule is O=C(CN1C(=O)N(Cc2ccccc2)C(=O)C2CCCCC21)NCc1ccccc1. The van der Waals surface area contributed by atoms with Crippen molar-refractivity contribution in [1.82, 2.24) is 15.1 Å². The summed E-state index contributed by atoms with van der Waals surface area (Å²) in [7, 11) is 0.